The van der Waals surface area contributed by atoms with Gasteiger partial charge in [-0.1, -0.05) is 355 Å². The van der Waals surface area contributed by atoms with Crippen LogP contribution in [0.2, 0.25) is 0 Å². The lowest BCUT2D eigenvalue weighted by Crippen LogP contribution is -2.30. The predicted molar refractivity (Wildman–Crippen MR) is 386 cm³/mol. The molecular formula is C76H148O17P2. The molecule has 0 aromatic carbocycles. The van der Waals surface area contributed by atoms with Gasteiger partial charge in [0.1, 0.15) is 19.3 Å². The Balaban J connectivity index is 5.15. The maximum absolute atomic E-state index is 13.1. The van der Waals surface area contributed by atoms with Gasteiger partial charge < -0.3 is 33.8 Å². The Hall–Kier alpha value is -1.94. The van der Waals surface area contributed by atoms with Crippen LogP contribution in [0.1, 0.15) is 407 Å². The summed E-state index contributed by atoms with van der Waals surface area (Å²) in [5.74, 6) is -2.12. The van der Waals surface area contributed by atoms with Crippen LogP contribution < -0.4 is 0 Å². The van der Waals surface area contributed by atoms with E-state index in [4.69, 9.17) is 37.0 Å². The van der Waals surface area contributed by atoms with Gasteiger partial charge in [0, 0.05) is 25.7 Å². The van der Waals surface area contributed by atoms with Gasteiger partial charge in [-0.25, -0.2) is 9.13 Å². The van der Waals surface area contributed by atoms with Crippen LogP contribution in [-0.2, 0) is 65.4 Å². The number of carbonyl (C=O) groups is 4. The van der Waals surface area contributed by atoms with Crippen LogP contribution in [0.5, 0.6) is 0 Å². The fourth-order valence-corrected chi connectivity index (χ4v) is 13.3. The van der Waals surface area contributed by atoms with Crippen molar-refractivity contribution in [2.24, 2.45) is 0 Å². The third kappa shape index (κ3) is 70.3. The minimum atomic E-state index is -4.96. The second-order valence-electron chi connectivity index (χ2n) is 27.4. The highest BCUT2D eigenvalue weighted by atomic mass is 31.2. The van der Waals surface area contributed by atoms with Gasteiger partial charge in [0.2, 0.25) is 0 Å². The molecule has 0 aromatic heterocycles. The van der Waals surface area contributed by atoms with Crippen molar-refractivity contribution in [2.45, 2.75) is 425 Å². The Labute approximate surface area is 581 Å². The maximum atomic E-state index is 13.1. The van der Waals surface area contributed by atoms with Gasteiger partial charge in [-0.15, -0.1) is 0 Å². The SMILES string of the molecule is CCCCCCCCCCCCCCCCCCCCCC(=O)OC[C@H](COP(=O)(O)OC[C@@H](O)COP(=O)(O)OC[C@@H](COC(=O)CCCCCCCCCC)OC(=O)CCCCCCCCCCC)OC(=O)CCCCCCCCCCCCCCCCCCCCC. The van der Waals surface area contributed by atoms with Crippen LogP contribution in [0.15, 0.2) is 0 Å². The molecule has 95 heavy (non-hydrogen) atoms. The quantitative estimate of drug-likeness (QED) is 0.0222. The lowest BCUT2D eigenvalue weighted by Gasteiger charge is -2.21. The second kappa shape index (κ2) is 70.5. The molecule has 19 heteroatoms. The minimum Gasteiger partial charge on any atom is -0.462 e. The first-order valence-corrected chi connectivity index (χ1v) is 42.8. The number of hydrogen-bond donors (Lipinski definition) is 3. The van der Waals surface area contributed by atoms with E-state index < -0.39 is 97.5 Å². The summed E-state index contributed by atoms with van der Waals surface area (Å²) in [7, 11) is -9.90. The van der Waals surface area contributed by atoms with Crippen LogP contribution in [0.4, 0.5) is 0 Å². The van der Waals surface area contributed by atoms with Crippen molar-refractivity contribution in [1.29, 1.82) is 0 Å². The number of hydrogen-bond acceptors (Lipinski definition) is 15. The number of aliphatic hydroxyl groups excluding tert-OH is 1. The smallest absolute Gasteiger partial charge is 0.462 e. The summed E-state index contributed by atoms with van der Waals surface area (Å²) in [6.45, 7) is 4.94. The number of phosphoric ester groups is 2. The normalized spacial score (nSPS) is 13.9. The largest absolute Gasteiger partial charge is 0.472 e. The lowest BCUT2D eigenvalue weighted by molar-refractivity contribution is -0.161. The van der Waals surface area contributed by atoms with E-state index in [2.05, 4.69) is 27.7 Å². The third-order valence-corrected chi connectivity index (χ3v) is 19.8. The van der Waals surface area contributed by atoms with Gasteiger partial charge in [-0.3, -0.25) is 37.3 Å². The molecule has 0 fully saturated rings. The molecule has 0 saturated heterocycles. The Morgan fingerprint density at radius 2 is 0.421 bits per heavy atom. The summed E-state index contributed by atoms with van der Waals surface area (Å²) in [5, 5.41) is 10.6. The zero-order valence-corrected chi connectivity index (χ0v) is 63.4. The van der Waals surface area contributed by atoms with Crippen molar-refractivity contribution < 1.29 is 80.2 Å². The molecule has 0 heterocycles. The Morgan fingerprint density at radius 1 is 0.253 bits per heavy atom. The predicted octanol–water partition coefficient (Wildman–Crippen LogP) is 22.6. The van der Waals surface area contributed by atoms with Gasteiger partial charge in [0.05, 0.1) is 26.4 Å². The summed E-state index contributed by atoms with van der Waals surface area (Å²) in [4.78, 5) is 72.6. The van der Waals surface area contributed by atoms with Crippen molar-refractivity contribution in [2.75, 3.05) is 39.6 Å². The average molecular weight is 1400 g/mol. The van der Waals surface area contributed by atoms with E-state index in [9.17, 15) is 43.2 Å². The van der Waals surface area contributed by atoms with Crippen molar-refractivity contribution >= 4 is 39.5 Å². The Morgan fingerprint density at radius 3 is 0.621 bits per heavy atom. The molecule has 0 spiro atoms. The third-order valence-electron chi connectivity index (χ3n) is 17.9. The highest BCUT2D eigenvalue weighted by Crippen LogP contribution is 2.45. The first-order chi connectivity index (χ1) is 46.2. The number of esters is 4. The van der Waals surface area contributed by atoms with Crippen LogP contribution in [0.25, 0.3) is 0 Å². The Kier molecular flexibility index (Phi) is 69.1. The van der Waals surface area contributed by atoms with Crippen LogP contribution in [0.3, 0.4) is 0 Å². The van der Waals surface area contributed by atoms with E-state index in [0.29, 0.717) is 25.7 Å². The number of carbonyl (C=O) groups excluding carboxylic acids is 4. The molecule has 0 aromatic rings. The minimum absolute atomic E-state index is 0.106. The maximum Gasteiger partial charge on any atom is 0.472 e. The second-order valence-corrected chi connectivity index (χ2v) is 30.3. The standard InChI is InChI=1S/C76H148O17P2/c1-5-9-13-17-21-25-27-29-31-33-35-37-39-41-43-46-49-53-57-61-74(79)87-67-72(93-76(81)63-59-55-51-47-44-42-40-38-36-34-32-30-28-26-22-18-14-10-6-2)69-91-95(84,85)89-65-70(77)64-88-94(82,83)90-68-71(66-86-73(78)60-56-52-48-24-20-16-12-8-4)92-75(80)62-58-54-50-45-23-19-15-11-7-3/h70-72,77H,5-69H2,1-4H3,(H,82,83)(H,84,85)/t70-,71+,72+/m0/s1. The van der Waals surface area contributed by atoms with Crippen molar-refractivity contribution in [3.63, 3.8) is 0 Å². The molecule has 5 atom stereocenters. The van der Waals surface area contributed by atoms with Gasteiger partial charge >= 0.3 is 39.5 Å². The first-order valence-electron chi connectivity index (χ1n) is 39.8. The van der Waals surface area contributed by atoms with E-state index in [1.165, 1.54) is 231 Å². The number of phosphoric acid groups is 2. The Bertz CT molecular complexity index is 1810. The van der Waals surface area contributed by atoms with Gasteiger partial charge in [0.25, 0.3) is 0 Å². The molecule has 0 rings (SSSR count). The molecule has 17 nitrogen and oxygen atoms in total. The van der Waals surface area contributed by atoms with E-state index in [1.807, 2.05) is 0 Å². The number of ether oxygens (including phenoxy) is 4. The van der Waals surface area contributed by atoms with Crippen molar-refractivity contribution in [3.8, 4) is 0 Å². The van der Waals surface area contributed by atoms with Crippen molar-refractivity contribution in [1.82, 2.24) is 0 Å². The molecule has 0 radical (unpaired) electrons. The molecule has 0 aliphatic carbocycles. The van der Waals surface area contributed by atoms with Gasteiger partial charge in [0.15, 0.2) is 12.2 Å². The number of rotatable bonds is 77. The molecule has 0 aliphatic heterocycles. The topological polar surface area (TPSA) is 237 Å². The fourth-order valence-electron chi connectivity index (χ4n) is 11.8. The summed E-state index contributed by atoms with van der Waals surface area (Å²) >= 11 is 0. The highest BCUT2D eigenvalue weighted by Gasteiger charge is 2.30. The molecule has 2 unspecified atom stereocenters. The summed E-state index contributed by atoms with van der Waals surface area (Å²) in [5.41, 5.74) is 0. The summed E-state index contributed by atoms with van der Waals surface area (Å²) in [6, 6.07) is 0. The van der Waals surface area contributed by atoms with Gasteiger partial charge in [-0.05, 0) is 25.7 Å². The lowest BCUT2D eigenvalue weighted by atomic mass is 10.0. The van der Waals surface area contributed by atoms with Gasteiger partial charge in [-0.2, -0.15) is 0 Å². The van der Waals surface area contributed by atoms with Crippen molar-refractivity contribution in [3.05, 3.63) is 0 Å². The number of unbranched alkanes of at least 4 members (excludes halogenated alkanes) is 51. The van der Waals surface area contributed by atoms with E-state index in [0.717, 1.165) is 96.3 Å². The van der Waals surface area contributed by atoms with Crippen LogP contribution in [-0.4, -0.2) is 96.7 Å². The molecule has 3 N–H and O–H groups in total. The summed E-state index contributed by atoms with van der Waals surface area (Å²) in [6.07, 6.45) is 61.3. The molecule has 0 aliphatic rings. The molecular weight excluding hydrogens is 1250 g/mol. The fraction of sp³-hybridized carbons (Fsp3) is 0.947. The highest BCUT2D eigenvalue weighted by molar-refractivity contribution is 7.47. The molecule has 0 amide bonds. The monoisotopic (exact) mass is 1400 g/mol. The molecule has 564 valence electrons. The zero-order valence-electron chi connectivity index (χ0n) is 61.6. The zero-order chi connectivity index (χ0) is 69.7. The van der Waals surface area contributed by atoms with E-state index >= 15 is 0 Å². The van der Waals surface area contributed by atoms with Crippen LogP contribution >= 0.6 is 15.6 Å². The summed E-state index contributed by atoms with van der Waals surface area (Å²) < 4.78 is 68.4. The first kappa shape index (κ1) is 93.1. The average Bonchev–Trinajstić information content (AvgIpc) is 2.58. The molecule has 0 saturated carbocycles. The van der Waals surface area contributed by atoms with Crippen LogP contribution in [0, 0.1) is 0 Å². The van der Waals surface area contributed by atoms with E-state index in [-0.39, 0.29) is 25.7 Å². The van der Waals surface area contributed by atoms with E-state index in [1.54, 1.807) is 0 Å². The molecule has 0 bridgehead atoms. The number of aliphatic hydroxyl groups is 1.